The monoisotopic (exact) mass is 324 g/mol. The van der Waals surface area contributed by atoms with Crippen LogP contribution in [0.1, 0.15) is 25.3 Å². The van der Waals surface area contributed by atoms with Gasteiger partial charge in [0, 0.05) is 39.0 Å². The quantitative estimate of drug-likeness (QED) is 0.805. The third-order valence-electron chi connectivity index (χ3n) is 4.20. The van der Waals surface area contributed by atoms with Gasteiger partial charge in [-0.05, 0) is 30.5 Å². The fourth-order valence-electron chi connectivity index (χ4n) is 2.81. The van der Waals surface area contributed by atoms with Crippen LogP contribution >= 0.6 is 0 Å². The van der Waals surface area contributed by atoms with Crippen molar-refractivity contribution in [2.75, 3.05) is 26.7 Å². The van der Waals surface area contributed by atoms with Crippen molar-refractivity contribution in [2.45, 2.75) is 26.2 Å². The van der Waals surface area contributed by atoms with E-state index in [4.69, 9.17) is 0 Å². The average molecular weight is 324 g/mol. The molecule has 0 aliphatic carbocycles. The Hall–Kier alpha value is -1.98. The molecule has 126 valence electrons. The molecule has 23 heavy (non-hydrogen) atoms. The third-order valence-corrected chi connectivity index (χ3v) is 4.20. The van der Waals surface area contributed by atoms with E-state index in [1.54, 1.807) is 23.8 Å². The lowest BCUT2D eigenvalue weighted by Crippen LogP contribution is -2.39. The van der Waals surface area contributed by atoms with Gasteiger partial charge in [-0.2, -0.15) is 0 Å². The summed E-state index contributed by atoms with van der Waals surface area (Å²) in [6.07, 6.45) is 1.82. The molecule has 2 rings (SSSR count). The highest BCUT2D eigenvalue weighted by molar-refractivity contribution is 5.79. The molecule has 1 heterocycles. The van der Waals surface area contributed by atoms with E-state index < -0.39 is 11.6 Å². The second kappa shape index (κ2) is 7.53. The smallest absolute Gasteiger partial charge is 0.225 e. The largest absolute Gasteiger partial charge is 0.344 e. The van der Waals surface area contributed by atoms with E-state index >= 15 is 0 Å². The first-order valence-corrected chi connectivity index (χ1v) is 7.85. The molecule has 4 nitrogen and oxygen atoms in total. The molecule has 1 aliphatic heterocycles. The van der Waals surface area contributed by atoms with E-state index in [1.807, 2.05) is 0 Å². The summed E-state index contributed by atoms with van der Waals surface area (Å²) in [6, 6.07) is 3.69. The van der Waals surface area contributed by atoms with Crippen molar-refractivity contribution < 1.29 is 18.4 Å². The van der Waals surface area contributed by atoms with Crippen LogP contribution in [0, 0.1) is 17.6 Å². The zero-order chi connectivity index (χ0) is 17.0. The maximum Gasteiger partial charge on any atom is 0.225 e. The zero-order valence-electron chi connectivity index (χ0n) is 13.5. The number of hydrogen-bond donors (Lipinski definition) is 0. The number of nitrogens with zero attached hydrogens (tertiary/aromatic N) is 2. The number of carbonyl (C=O) groups excluding carboxylic acids is 2. The molecule has 1 fully saturated rings. The number of benzene rings is 1. The fourth-order valence-corrected chi connectivity index (χ4v) is 2.81. The van der Waals surface area contributed by atoms with Gasteiger partial charge in [-0.15, -0.1) is 0 Å². The number of likely N-dealkylation sites (N-methyl/N-ethyl adjacent to an activating group) is 1. The molecular weight excluding hydrogens is 302 g/mol. The summed E-state index contributed by atoms with van der Waals surface area (Å²) < 4.78 is 26.1. The Balaban J connectivity index is 1.85. The van der Waals surface area contributed by atoms with Gasteiger partial charge in [0.05, 0.1) is 0 Å². The molecule has 1 aromatic carbocycles. The summed E-state index contributed by atoms with van der Waals surface area (Å²) in [5.74, 6) is -2.05. The lowest BCUT2D eigenvalue weighted by Gasteiger charge is -2.24. The van der Waals surface area contributed by atoms with Crippen LogP contribution < -0.4 is 0 Å². The number of hydrogen-bond acceptors (Lipinski definition) is 2. The van der Waals surface area contributed by atoms with Gasteiger partial charge in [-0.25, -0.2) is 8.78 Å². The summed E-state index contributed by atoms with van der Waals surface area (Å²) in [4.78, 5) is 27.2. The molecule has 1 saturated heterocycles. The second-order valence-electron chi connectivity index (χ2n) is 6.10. The van der Waals surface area contributed by atoms with E-state index in [9.17, 15) is 18.4 Å². The molecule has 1 aliphatic rings. The summed E-state index contributed by atoms with van der Waals surface area (Å²) >= 11 is 0. The van der Waals surface area contributed by atoms with Gasteiger partial charge in [0.2, 0.25) is 11.8 Å². The topological polar surface area (TPSA) is 40.6 Å². The summed E-state index contributed by atoms with van der Waals surface area (Å²) in [5, 5.41) is 0. The van der Waals surface area contributed by atoms with E-state index in [1.165, 1.54) is 6.07 Å². The maximum atomic E-state index is 13.2. The molecule has 1 aromatic rings. The van der Waals surface area contributed by atoms with Gasteiger partial charge < -0.3 is 9.80 Å². The molecule has 0 spiro atoms. The van der Waals surface area contributed by atoms with Crippen molar-refractivity contribution in [2.24, 2.45) is 5.92 Å². The minimum atomic E-state index is -0.900. The Morgan fingerprint density at radius 3 is 2.70 bits per heavy atom. The van der Waals surface area contributed by atoms with Gasteiger partial charge in [0.15, 0.2) is 11.6 Å². The van der Waals surface area contributed by atoms with Crippen molar-refractivity contribution in [3.8, 4) is 0 Å². The number of rotatable bonds is 6. The first-order valence-electron chi connectivity index (χ1n) is 7.85. The Kier molecular flexibility index (Phi) is 5.69. The molecule has 0 radical (unpaired) electrons. The van der Waals surface area contributed by atoms with E-state index in [-0.39, 0.29) is 17.7 Å². The SMILES string of the molecule is CC(Cc1ccc(F)c(F)c1)C(=O)N(C)CCN1CCCC1=O. The summed E-state index contributed by atoms with van der Waals surface area (Å²) in [5.41, 5.74) is 0.591. The van der Waals surface area contributed by atoms with Crippen LogP contribution in [-0.2, 0) is 16.0 Å². The van der Waals surface area contributed by atoms with Crippen LogP contribution in [0.5, 0.6) is 0 Å². The predicted octanol–water partition coefficient (Wildman–Crippen LogP) is 2.22. The van der Waals surface area contributed by atoms with E-state index in [0.29, 0.717) is 31.5 Å². The molecule has 0 bridgehead atoms. The van der Waals surface area contributed by atoms with Gasteiger partial charge in [0.25, 0.3) is 0 Å². The summed E-state index contributed by atoms with van der Waals surface area (Å²) in [6.45, 7) is 3.54. The van der Waals surface area contributed by atoms with Crippen molar-refractivity contribution in [1.29, 1.82) is 0 Å². The lowest BCUT2D eigenvalue weighted by molar-refractivity contribution is -0.135. The third kappa shape index (κ3) is 4.50. The lowest BCUT2D eigenvalue weighted by atomic mass is 9.99. The molecule has 1 unspecified atom stereocenters. The maximum absolute atomic E-state index is 13.2. The minimum absolute atomic E-state index is 0.0682. The fraction of sp³-hybridized carbons (Fsp3) is 0.529. The molecule has 0 N–H and O–H groups in total. The molecule has 1 atom stereocenters. The normalized spacial score (nSPS) is 15.8. The highest BCUT2D eigenvalue weighted by Gasteiger charge is 2.22. The van der Waals surface area contributed by atoms with Crippen LogP contribution in [0.2, 0.25) is 0 Å². The zero-order valence-corrected chi connectivity index (χ0v) is 13.5. The van der Waals surface area contributed by atoms with Gasteiger partial charge >= 0.3 is 0 Å². The molecular formula is C17H22F2N2O2. The van der Waals surface area contributed by atoms with Gasteiger partial charge in [0.1, 0.15) is 0 Å². The Labute approximate surface area is 135 Å². The van der Waals surface area contributed by atoms with Gasteiger partial charge in [-0.3, -0.25) is 9.59 Å². The number of carbonyl (C=O) groups is 2. The first kappa shape index (κ1) is 17.4. The average Bonchev–Trinajstić information content (AvgIpc) is 2.93. The first-order chi connectivity index (χ1) is 10.9. The minimum Gasteiger partial charge on any atom is -0.344 e. The number of likely N-dealkylation sites (tertiary alicyclic amines) is 1. The Bertz CT molecular complexity index is 592. The number of amides is 2. The van der Waals surface area contributed by atoms with Crippen LogP contribution in [-0.4, -0.2) is 48.3 Å². The van der Waals surface area contributed by atoms with Crippen LogP contribution in [0.25, 0.3) is 0 Å². The Morgan fingerprint density at radius 1 is 1.35 bits per heavy atom. The second-order valence-corrected chi connectivity index (χ2v) is 6.10. The Morgan fingerprint density at radius 2 is 2.09 bits per heavy atom. The van der Waals surface area contributed by atoms with Gasteiger partial charge in [-0.1, -0.05) is 13.0 Å². The van der Waals surface area contributed by atoms with Crippen molar-refractivity contribution in [3.63, 3.8) is 0 Å². The van der Waals surface area contributed by atoms with Crippen LogP contribution in [0.3, 0.4) is 0 Å². The van der Waals surface area contributed by atoms with E-state index in [0.717, 1.165) is 25.1 Å². The highest BCUT2D eigenvalue weighted by Crippen LogP contribution is 2.15. The van der Waals surface area contributed by atoms with Crippen molar-refractivity contribution in [3.05, 3.63) is 35.4 Å². The van der Waals surface area contributed by atoms with Crippen LogP contribution in [0.4, 0.5) is 8.78 Å². The molecule has 0 aromatic heterocycles. The predicted molar refractivity (Wildman–Crippen MR) is 82.7 cm³/mol. The molecule has 0 saturated carbocycles. The number of halogens is 2. The van der Waals surface area contributed by atoms with Crippen molar-refractivity contribution >= 4 is 11.8 Å². The van der Waals surface area contributed by atoms with E-state index in [2.05, 4.69) is 0 Å². The summed E-state index contributed by atoms with van der Waals surface area (Å²) in [7, 11) is 1.70. The van der Waals surface area contributed by atoms with Crippen LogP contribution in [0.15, 0.2) is 18.2 Å². The molecule has 2 amide bonds. The standard InChI is InChI=1S/C17H22F2N2O2/c1-12(10-13-5-6-14(18)15(19)11-13)17(23)20(2)8-9-21-7-3-4-16(21)22/h5-6,11-12H,3-4,7-10H2,1-2H3. The molecule has 6 heteroatoms. The van der Waals surface area contributed by atoms with Crippen molar-refractivity contribution in [1.82, 2.24) is 9.80 Å². The highest BCUT2D eigenvalue weighted by atomic mass is 19.2.